The van der Waals surface area contributed by atoms with Gasteiger partial charge in [-0.05, 0) is 11.6 Å². The van der Waals surface area contributed by atoms with Crippen molar-refractivity contribution >= 4 is 6.21 Å². The van der Waals surface area contributed by atoms with Gasteiger partial charge in [0, 0.05) is 36.2 Å². The standard InChI is InChI=1S/C19H20N4O3/c1-24-18-11-23(7-6-20-18)14-8-16-15(4-3-5-17(16)26-12-14)13-9-21-19(25-2)22-10-13/h3-6,9-11,14H,7-8,12H2,1-2H3/t14-/m0/s1. The van der Waals surface area contributed by atoms with E-state index in [0.29, 0.717) is 18.5 Å². The van der Waals surface area contributed by atoms with Gasteiger partial charge in [-0.15, -0.1) is 0 Å². The first-order chi connectivity index (χ1) is 12.8. The minimum Gasteiger partial charge on any atom is -0.491 e. The molecule has 0 radical (unpaired) electrons. The van der Waals surface area contributed by atoms with Crippen molar-refractivity contribution in [3.63, 3.8) is 0 Å². The molecule has 0 N–H and O–H groups in total. The fraction of sp³-hybridized carbons (Fsp3) is 0.316. The Morgan fingerprint density at radius 3 is 2.77 bits per heavy atom. The highest BCUT2D eigenvalue weighted by atomic mass is 16.5. The fourth-order valence-corrected chi connectivity index (χ4v) is 3.25. The maximum atomic E-state index is 6.04. The van der Waals surface area contributed by atoms with Crippen molar-refractivity contribution in [2.45, 2.75) is 12.5 Å². The van der Waals surface area contributed by atoms with Crippen LogP contribution in [0.2, 0.25) is 0 Å². The number of hydrogen-bond acceptors (Lipinski definition) is 7. The quantitative estimate of drug-likeness (QED) is 0.841. The fourth-order valence-electron chi connectivity index (χ4n) is 3.25. The number of rotatable bonds is 4. The average molecular weight is 352 g/mol. The highest BCUT2D eigenvalue weighted by molar-refractivity contribution is 5.69. The second-order valence-electron chi connectivity index (χ2n) is 6.09. The first-order valence-electron chi connectivity index (χ1n) is 8.43. The van der Waals surface area contributed by atoms with E-state index in [1.165, 1.54) is 0 Å². The molecule has 134 valence electrons. The summed E-state index contributed by atoms with van der Waals surface area (Å²) in [5.41, 5.74) is 3.18. The van der Waals surface area contributed by atoms with Crippen molar-refractivity contribution < 1.29 is 14.2 Å². The van der Waals surface area contributed by atoms with E-state index in [-0.39, 0.29) is 6.04 Å². The number of fused-ring (bicyclic) bond motifs is 1. The molecule has 0 saturated carbocycles. The molecule has 2 aromatic rings. The Hall–Kier alpha value is -3.09. The highest BCUT2D eigenvalue weighted by Crippen LogP contribution is 2.35. The predicted octanol–water partition coefficient (Wildman–Crippen LogP) is 2.29. The van der Waals surface area contributed by atoms with Crippen LogP contribution in [0.25, 0.3) is 11.1 Å². The average Bonchev–Trinajstić information content (AvgIpc) is 2.73. The predicted molar refractivity (Wildman–Crippen MR) is 97.3 cm³/mol. The van der Waals surface area contributed by atoms with Gasteiger partial charge in [-0.25, -0.2) is 15.0 Å². The molecule has 0 amide bonds. The number of aliphatic imine (C=N–C) groups is 1. The summed E-state index contributed by atoms with van der Waals surface area (Å²) in [4.78, 5) is 14.9. The van der Waals surface area contributed by atoms with Crippen molar-refractivity contribution in [1.82, 2.24) is 14.9 Å². The maximum absolute atomic E-state index is 6.04. The second kappa shape index (κ2) is 7.03. The topological polar surface area (TPSA) is 69.1 Å². The van der Waals surface area contributed by atoms with Crippen LogP contribution in [0.5, 0.6) is 11.8 Å². The van der Waals surface area contributed by atoms with Gasteiger partial charge in [0.2, 0.25) is 5.88 Å². The van der Waals surface area contributed by atoms with Gasteiger partial charge in [0.15, 0.2) is 0 Å². The van der Waals surface area contributed by atoms with Crippen molar-refractivity contribution in [3.8, 4) is 22.9 Å². The largest absolute Gasteiger partial charge is 0.491 e. The SMILES string of the molecule is COC1=CN([C@@H]2COc3cccc(-c4cnc(OC)nc4)c3C2)CC=N1. The molecule has 2 aliphatic rings. The summed E-state index contributed by atoms with van der Waals surface area (Å²) >= 11 is 0. The van der Waals surface area contributed by atoms with Crippen molar-refractivity contribution in [2.24, 2.45) is 4.99 Å². The molecular formula is C19H20N4O3. The number of methoxy groups -OCH3 is 2. The van der Waals surface area contributed by atoms with E-state index in [1.54, 1.807) is 26.6 Å². The third-order valence-electron chi connectivity index (χ3n) is 4.59. The summed E-state index contributed by atoms with van der Waals surface area (Å²) in [7, 11) is 3.18. The molecule has 1 atom stereocenters. The van der Waals surface area contributed by atoms with Crippen LogP contribution in [0.1, 0.15) is 5.56 Å². The number of ether oxygens (including phenoxy) is 3. The first kappa shape index (κ1) is 16.4. The molecule has 0 bridgehead atoms. The molecule has 0 unspecified atom stereocenters. The van der Waals surface area contributed by atoms with E-state index >= 15 is 0 Å². The van der Waals surface area contributed by atoms with Crippen LogP contribution < -0.4 is 9.47 Å². The van der Waals surface area contributed by atoms with Gasteiger partial charge in [-0.3, -0.25) is 0 Å². The Morgan fingerprint density at radius 1 is 1.15 bits per heavy atom. The lowest BCUT2D eigenvalue weighted by Gasteiger charge is -2.35. The Labute approximate surface area is 152 Å². The zero-order chi connectivity index (χ0) is 17.9. The lowest BCUT2D eigenvalue weighted by Crippen LogP contribution is -2.42. The minimum absolute atomic E-state index is 0.208. The number of nitrogens with zero attached hydrogens (tertiary/aromatic N) is 4. The minimum atomic E-state index is 0.208. The summed E-state index contributed by atoms with van der Waals surface area (Å²) in [5, 5.41) is 0. The molecule has 1 aromatic heterocycles. The summed E-state index contributed by atoms with van der Waals surface area (Å²) in [6, 6.07) is 6.64. The lowest BCUT2D eigenvalue weighted by atomic mass is 9.93. The number of benzene rings is 1. The van der Waals surface area contributed by atoms with E-state index in [2.05, 4.69) is 25.9 Å². The summed E-state index contributed by atoms with van der Waals surface area (Å²) in [5.74, 6) is 1.52. The number of aromatic nitrogens is 2. The monoisotopic (exact) mass is 352 g/mol. The van der Waals surface area contributed by atoms with Crippen LogP contribution in [0.4, 0.5) is 0 Å². The van der Waals surface area contributed by atoms with E-state index in [1.807, 2.05) is 24.5 Å². The van der Waals surface area contributed by atoms with Crippen molar-refractivity contribution in [3.05, 3.63) is 48.2 Å². The second-order valence-corrected chi connectivity index (χ2v) is 6.09. The van der Waals surface area contributed by atoms with Crippen molar-refractivity contribution in [2.75, 3.05) is 27.4 Å². The van der Waals surface area contributed by atoms with E-state index in [0.717, 1.165) is 35.4 Å². The van der Waals surface area contributed by atoms with Crippen molar-refractivity contribution in [1.29, 1.82) is 0 Å². The van der Waals surface area contributed by atoms with Gasteiger partial charge < -0.3 is 19.1 Å². The van der Waals surface area contributed by atoms with E-state index < -0.39 is 0 Å². The van der Waals surface area contributed by atoms with Gasteiger partial charge in [-0.2, -0.15) is 0 Å². The van der Waals surface area contributed by atoms with Crippen LogP contribution in [0, 0.1) is 0 Å². The molecule has 7 heteroatoms. The highest BCUT2D eigenvalue weighted by Gasteiger charge is 2.27. The molecule has 0 fully saturated rings. The Bertz CT molecular complexity index is 848. The Balaban J connectivity index is 1.63. The van der Waals surface area contributed by atoms with Gasteiger partial charge in [0.25, 0.3) is 0 Å². The van der Waals surface area contributed by atoms with Gasteiger partial charge in [-0.1, -0.05) is 12.1 Å². The third kappa shape index (κ3) is 3.08. The summed E-state index contributed by atoms with van der Waals surface area (Å²) in [6.45, 7) is 1.36. The molecule has 1 aromatic carbocycles. The van der Waals surface area contributed by atoms with E-state index in [9.17, 15) is 0 Å². The van der Waals surface area contributed by atoms with Crippen LogP contribution in [-0.2, 0) is 11.2 Å². The molecule has 0 spiro atoms. The Morgan fingerprint density at radius 2 is 2.00 bits per heavy atom. The molecule has 3 heterocycles. The molecule has 26 heavy (non-hydrogen) atoms. The maximum Gasteiger partial charge on any atom is 0.316 e. The zero-order valence-corrected chi connectivity index (χ0v) is 14.8. The van der Waals surface area contributed by atoms with Gasteiger partial charge in [0.1, 0.15) is 12.4 Å². The summed E-state index contributed by atoms with van der Waals surface area (Å²) in [6.07, 6.45) is 8.22. The van der Waals surface area contributed by atoms with Crippen LogP contribution >= 0.6 is 0 Å². The van der Waals surface area contributed by atoms with Crippen LogP contribution in [0.15, 0.2) is 47.7 Å². The molecular weight excluding hydrogens is 332 g/mol. The van der Waals surface area contributed by atoms with Crippen LogP contribution in [-0.4, -0.2) is 54.5 Å². The van der Waals surface area contributed by atoms with E-state index in [4.69, 9.17) is 14.2 Å². The smallest absolute Gasteiger partial charge is 0.316 e. The number of hydrogen-bond donors (Lipinski definition) is 0. The molecule has 4 rings (SSSR count). The van der Waals surface area contributed by atoms with Gasteiger partial charge >= 0.3 is 6.01 Å². The summed E-state index contributed by atoms with van der Waals surface area (Å²) < 4.78 is 16.3. The zero-order valence-electron chi connectivity index (χ0n) is 14.8. The molecule has 0 aliphatic carbocycles. The molecule has 2 aliphatic heterocycles. The van der Waals surface area contributed by atoms with Gasteiger partial charge in [0.05, 0.1) is 33.0 Å². The molecule has 7 nitrogen and oxygen atoms in total. The lowest BCUT2D eigenvalue weighted by molar-refractivity contribution is 0.162. The Kier molecular flexibility index (Phi) is 4.43. The first-order valence-corrected chi connectivity index (χ1v) is 8.43. The van der Waals surface area contributed by atoms with Crippen LogP contribution in [0.3, 0.4) is 0 Å². The third-order valence-corrected chi connectivity index (χ3v) is 4.59. The molecule has 0 saturated heterocycles. The normalized spacial score (nSPS) is 18.6.